The van der Waals surface area contributed by atoms with Gasteiger partial charge in [-0.15, -0.1) is 0 Å². The van der Waals surface area contributed by atoms with Gasteiger partial charge in [0.15, 0.2) is 0 Å². The highest BCUT2D eigenvalue weighted by Crippen LogP contribution is 2.24. The van der Waals surface area contributed by atoms with E-state index in [0.717, 1.165) is 11.6 Å². The Morgan fingerprint density at radius 1 is 1.33 bits per heavy atom. The summed E-state index contributed by atoms with van der Waals surface area (Å²) in [7, 11) is 0. The number of hydrogen-bond donors (Lipinski definition) is 0. The van der Waals surface area contributed by atoms with Crippen LogP contribution in [0.1, 0.15) is 39.2 Å². The zero-order valence-corrected chi connectivity index (χ0v) is 14.0. The Balaban J connectivity index is 2.02. The molecule has 0 atom stereocenters. The molecule has 1 saturated heterocycles. The second kappa shape index (κ2) is 6.98. The molecule has 0 N–H and O–H groups in total. The average Bonchev–Trinajstić information content (AvgIpc) is 2.48. The van der Waals surface area contributed by atoms with E-state index < -0.39 is 22.0 Å². The van der Waals surface area contributed by atoms with Crippen LogP contribution in [-0.4, -0.2) is 34.6 Å². The number of rotatable bonds is 2. The standard InChI is InChI=1S/C17H21FN2O4/c1-17(2,3)24-16(21)19-8-6-12(7-9-19)10-13-4-5-14(18)15(11-13)20(22)23/h4-5,10-11H,6-9H2,1-3H3. The van der Waals surface area contributed by atoms with Crippen molar-refractivity contribution in [2.75, 3.05) is 13.1 Å². The monoisotopic (exact) mass is 336 g/mol. The van der Waals surface area contributed by atoms with Crippen molar-refractivity contribution in [1.82, 2.24) is 4.90 Å². The van der Waals surface area contributed by atoms with E-state index in [9.17, 15) is 19.3 Å². The van der Waals surface area contributed by atoms with Gasteiger partial charge in [-0.3, -0.25) is 10.1 Å². The van der Waals surface area contributed by atoms with Gasteiger partial charge in [0.25, 0.3) is 0 Å². The molecule has 1 aromatic rings. The molecule has 1 heterocycles. The smallest absolute Gasteiger partial charge is 0.410 e. The van der Waals surface area contributed by atoms with Gasteiger partial charge in [0.1, 0.15) is 5.60 Å². The number of halogens is 1. The highest BCUT2D eigenvalue weighted by atomic mass is 19.1. The second-order valence-corrected chi connectivity index (χ2v) is 6.74. The summed E-state index contributed by atoms with van der Waals surface area (Å²) in [5.41, 5.74) is 0.593. The third-order valence-electron chi connectivity index (χ3n) is 3.60. The van der Waals surface area contributed by atoms with Crippen LogP contribution in [0.3, 0.4) is 0 Å². The highest BCUT2D eigenvalue weighted by molar-refractivity contribution is 5.68. The van der Waals surface area contributed by atoms with E-state index in [0.29, 0.717) is 31.5 Å². The molecule has 0 saturated carbocycles. The molecule has 0 spiro atoms. The second-order valence-electron chi connectivity index (χ2n) is 6.74. The van der Waals surface area contributed by atoms with Crippen molar-refractivity contribution < 1.29 is 18.8 Å². The predicted octanol–water partition coefficient (Wildman–Crippen LogP) is 4.15. The van der Waals surface area contributed by atoms with Crippen LogP contribution in [0.4, 0.5) is 14.9 Å². The van der Waals surface area contributed by atoms with Crippen LogP contribution < -0.4 is 0 Å². The maximum absolute atomic E-state index is 13.4. The summed E-state index contributed by atoms with van der Waals surface area (Å²) in [6.45, 7) is 6.53. The summed E-state index contributed by atoms with van der Waals surface area (Å²) < 4.78 is 18.7. The molecule has 0 radical (unpaired) electrons. The number of piperidine rings is 1. The molecule has 1 fully saturated rings. The van der Waals surface area contributed by atoms with E-state index in [1.807, 2.05) is 26.8 Å². The van der Waals surface area contributed by atoms with Gasteiger partial charge in [-0.25, -0.2) is 4.79 Å². The predicted molar refractivity (Wildman–Crippen MR) is 88.1 cm³/mol. The maximum Gasteiger partial charge on any atom is 0.410 e. The maximum atomic E-state index is 13.4. The molecule has 130 valence electrons. The summed E-state index contributed by atoms with van der Waals surface area (Å²) in [6, 6.07) is 3.83. The molecule has 0 unspecified atom stereocenters. The minimum absolute atomic E-state index is 0.334. The summed E-state index contributed by atoms with van der Waals surface area (Å²) in [6.07, 6.45) is 2.80. The minimum atomic E-state index is -0.845. The number of benzene rings is 1. The van der Waals surface area contributed by atoms with Crippen molar-refractivity contribution >= 4 is 17.9 Å². The third kappa shape index (κ3) is 4.78. The Hall–Kier alpha value is -2.44. The fourth-order valence-corrected chi connectivity index (χ4v) is 2.44. The lowest BCUT2D eigenvalue weighted by Gasteiger charge is -2.31. The molecule has 1 amide bonds. The fraction of sp³-hybridized carbons (Fsp3) is 0.471. The molecule has 6 nitrogen and oxygen atoms in total. The lowest BCUT2D eigenvalue weighted by molar-refractivity contribution is -0.387. The van der Waals surface area contributed by atoms with Gasteiger partial charge in [-0.2, -0.15) is 4.39 Å². The molecular formula is C17H21FN2O4. The van der Waals surface area contributed by atoms with E-state index >= 15 is 0 Å². The SMILES string of the molecule is CC(C)(C)OC(=O)N1CCC(=Cc2ccc(F)c([N+](=O)[O-])c2)CC1. The first-order chi connectivity index (χ1) is 11.2. The van der Waals surface area contributed by atoms with Crippen LogP contribution in [0.2, 0.25) is 0 Å². The van der Waals surface area contributed by atoms with Crippen LogP contribution in [0.5, 0.6) is 0 Å². The first-order valence-electron chi connectivity index (χ1n) is 7.77. The van der Waals surface area contributed by atoms with Crippen LogP contribution in [0.15, 0.2) is 23.8 Å². The molecule has 1 aromatic carbocycles. The number of likely N-dealkylation sites (tertiary alicyclic amines) is 1. The van der Waals surface area contributed by atoms with Gasteiger partial charge < -0.3 is 9.64 Å². The lowest BCUT2D eigenvalue weighted by atomic mass is 10.0. The number of nitrogens with zero attached hydrogens (tertiary/aromatic N) is 2. The summed E-state index contributed by atoms with van der Waals surface area (Å²) in [4.78, 5) is 23.7. The molecule has 0 aliphatic carbocycles. The summed E-state index contributed by atoms with van der Waals surface area (Å²) in [5, 5.41) is 10.8. The van der Waals surface area contributed by atoms with E-state index in [2.05, 4.69) is 0 Å². The molecule has 1 aliphatic rings. The van der Waals surface area contributed by atoms with Crippen LogP contribution >= 0.6 is 0 Å². The quantitative estimate of drug-likeness (QED) is 0.601. The van der Waals surface area contributed by atoms with Gasteiger partial charge in [-0.1, -0.05) is 17.7 Å². The van der Waals surface area contributed by atoms with Crippen molar-refractivity contribution in [3.8, 4) is 0 Å². The van der Waals surface area contributed by atoms with Crippen molar-refractivity contribution in [2.45, 2.75) is 39.2 Å². The zero-order chi connectivity index (χ0) is 17.9. The van der Waals surface area contributed by atoms with E-state index in [4.69, 9.17) is 4.74 Å². The Kier molecular flexibility index (Phi) is 5.21. The van der Waals surface area contributed by atoms with Crippen molar-refractivity contribution in [3.63, 3.8) is 0 Å². The van der Waals surface area contributed by atoms with Crippen LogP contribution in [-0.2, 0) is 4.74 Å². The van der Waals surface area contributed by atoms with Gasteiger partial charge in [-0.05, 0) is 45.2 Å². The van der Waals surface area contributed by atoms with Crippen LogP contribution in [0, 0.1) is 15.9 Å². The third-order valence-corrected chi connectivity index (χ3v) is 3.60. The van der Waals surface area contributed by atoms with Gasteiger partial charge >= 0.3 is 11.8 Å². The van der Waals surface area contributed by atoms with Crippen molar-refractivity contribution in [3.05, 3.63) is 45.3 Å². The lowest BCUT2D eigenvalue weighted by Crippen LogP contribution is -2.40. The number of nitro groups is 1. The molecule has 1 aliphatic heterocycles. The largest absolute Gasteiger partial charge is 0.444 e. The topological polar surface area (TPSA) is 72.7 Å². The van der Waals surface area contributed by atoms with Gasteiger partial charge in [0, 0.05) is 19.2 Å². The number of hydrogen-bond acceptors (Lipinski definition) is 4. The summed E-state index contributed by atoms with van der Waals surface area (Å²) >= 11 is 0. The molecule has 7 heteroatoms. The zero-order valence-electron chi connectivity index (χ0n) is 14.0. The van der Waals surface area contributed by atoms with E-state index in [1.54, 1.807) is 4.90 Å². The molecule has 24 heavy (non-hydrogen) atoms. The number of amides is 1. The number of ether oxygens (including phenoxy) is 1. The Morgan fingerprint density at radius 3 is 2.50 bits per heavy atom. The molecule has 0 aromatic heterocycles. The number of nitro benzene ring substituents is 1. The van der Waals surface area contributed by atoms with E-state index in [-0.39, 0.29) is 6.09 Å². The highest BCUT2D eigenvalue weighted by Gasteiger charge is 2.24. The van der Waals surface area contributed by atoms with Crippen molar-refractivity contribution in [2.24, 2.45) is 0 Å². The van der Waals surface area contributed by atoms with Crippen LogP contribution in [0.25, 0.3) is 6.08 Å². The number of carbonyl (C=O) groups excluding carboxylic acids is 1. The Bertz CT molecular complexity index is 670. The fourth-order valence-electron chi connectivity index (χ4n) is 2.44. The molecule has 2 rings (SSSR count). The normalized spacial score (nSPS) is 15.2. The number of carbonyl (C=O) groups is 1. The molecule has 0 bridgehead atoms. The first-order valence-corrected chi connectivity index (χ1v) is 7.77. The van der Waals surface area contributed by atoms with Gasteiger partial charge in [0.2, 0.25) is 5.82 Å². The van der Waals surface area contributed by atoms with E-state index in [1.165, 1.54) is 12.1 Å². The Morgan fingerprint density at radius 2 is 1.96 bits per heavy atom. The average molecular weight is 336 g/mol. The van der Waals surface area contributed by atoms with Gasteiger partial charge in [0.05, 0.1) is 4.92 Å². The first kappa shape index (κ1) is 17.9. The Labute approximate surface area is 140 Å². The minimum Gasteiger partial charge on any atom is -0.444 e. The molecular weight excluding hydrogens is 315 g/mol. The van der Waals surface area contributed by atoms with Crippen molar-refractivity contribution in [1.29, 1.82) is 0 Å². The summed E-state index contributed by atoms with van der Waals surface area (Å²) in [5.74, 6) is -0.845.